The Balaban J connectivity index is 1.35. The molecule has 0 amide bonds. The second kappa shape index (κ2) is 6.57. The summed E-state index contributed by atoms with van der Waals surface area (Å²) in [7, 11) is 0. The van der Waals surface area contributed by atoms with Gasteiger partial charge in [-0.3, -0.25) is 10.1 Å². The Kier molecular flexibility index (Phi) is 4.11. The highest BCUT2D eigenvalue weighted by atomic mass is 16.6. The van der Waals surface area contributed by atoms with E-state index in [1.165, 1.54) is 0 Å². The van der Waals surface area contributed by atoms with Crippen molar-refractivity contribution in [1.82, 2.24) is 20.5 Å². The van der Waals surface area contributed by atoms with Gasteiger partial charge in [0.15, 0.2) is 17.1 Å². The summed E-state index contributed by atoms with van der Waals surface area (Å²) in [5, 5.41) is 10.8. The number of fused-ring (bicyclic) bond motifs is 1. The average Bonchev–Trinajstić information content (AvgIpc) is 3.11. The first-order valence-corrected chi connectivity index (χ1v) is 8.28. The molecule has 2 N–H and O–H groups in total. The van der Waals surface area contributed by atoms with Crippen LogP contribution in [0.15, 0.2) is 54.9 Å². The molecule has 3 aromatic rings. The number of rotatable bonds is 5. The number of aromatic amines is 1. The van der Waals surface area contributed by atoms with Crippen molar-refractivity contribution in [2.24, 2.45) is 0 Å². The van der Waals surface area contributed by atoms with E-state index in [9.17, 15) is 0 Å². The van der Waals surface area contributed by atoms with Crippen molar-refractivity contribution in [3.8, 4) is 22.8 Å². The van der Waals surface area contributed by atoms with Gasteiger partial charge in [-0.05, 0) is 37.3 Å². The molecule has 128 valence electrons. The second-order valence-corrected chi connectivity index (χ2v) is 6.41. The van der Waals surface area contributed by atoms with Crippen molar-refractivity contribution in [2.75, 3.05) is 13.2 Å². The van der Waals surface area contributed by atoms with Crippen LogP contribution in [0.1, 0.15) is 12.6 Å². The molecule has 3 heterocycles. The molecule has 0 spiro atoms. The van der Waals surface area contributed by atoms with Crippen LogP contribution in [0.2, 0.25) is 0 Å². The molecule has 6 nitrogen and oxygen atoms in total. The Bertz CT molecular complexity index is 849. The molecule has 4 rings (SSSR count). The molecule has 0 saturated heterocycles. The second-order valence-electron chi connectivity index (χ2n) is 6.41. The maximum Gasteiger partial charge on any atom is 0.162 e. The van der Waals surface area contributed by atoms with Gasteiger partial charge in [0.1, 0.15) is 6.61 Å². The summed E-state index contributed by atoms with van der Waals surface area (Å²) in [6.07, 6.45) is 3.56. The molecule has 0 aliphatic carbocycles. The number of benzene rings is 1. The molecule has 25 heavy (non-hydrogen) atoms. The largest absolute Gasteiger partial charge is 0.485 e. The predicted octanol–water partition coefficient (Wildman–Crippen LogP) is 2.79. The van der Waals surface area contributed by atoms with E-state index in [4.69, 9.17) is 9.47 Å². The van der Waals surface area contributed by atoms with Gasteiger partial charge < -0.3 is 14.8 Å². The lowest BCUT2D eigenvalue weighted by molar-refractivity contribution is 0.00667. The Hall–Kier alpha value is -2.86. The quantitative estimate of drug-likeness (QED) is 0.750. The average molecular weight is 336 g/mol. The summed E-state index contributed by atoms with van der Waals surface area (Å²) < 4.78 is 11.9. The van der Waals surface area contributed by atoms with Crippen LogP contribution in [0, 0.1) is 0 Å². The number of para-hydroxylation sites is 2. The highest BCUT2D eigenvalue weighted by Gasteiger charge is 2.32. The SMILES string of the molecule is CC1(CNCc2cc(-c3cccnc3)n[nH]2)COc2ccccc2O1. The van der Waals surface area contributed by atoms with Gasteiger partial charge in [-0.2, -0.15) is 5.10 Å². The molecule has 2 aromatic heterocycles. The Labute approximate surface area is 146 Å². The van der Waals surface area contributed by atoms with Crippen LogP contribution >= 0.6 is 0 Å². The minimum atomic E-state index is -0.402. The van der Waals surface area contributed by atoms with E-state index in [0.29, 0.717) is 19.7 Å². The van der Waals surface area contributed by atoms with E-state index in [1.807, 2.05) is 49.4 Å². The number of nitrogens with zero attached hydrogens (tertiary/aromatic N) is 2. The van der Waals surface area contributed by atoms with Crippen molar-refractivity contribution in [3.63, 3.8) is 0 Å². The molecule has 6 heteroatoms. The third-order valence-electron chi connectivity index (χ3n) is 4.14. The summed E-state index contributed by atoms with van der Waals surface area (Å²) in [6, 6.07) is 13.7. The smallest absolute Gasteiger partial charge is 0.162 e. The van der Waals surface area contributed by atoms with Gasteiger partial charge in [0.2, 0.25) is 0 Å². The van der Waals surface area contributed by atoms with Crippen LogP contribution in [0.5, 0.6) is 11.5 Å². The third-order valence-corrected chi connectivity index (χ3v) is 4.14. The van der Waals surface area contributed by atoms with Crippen molar-refractivity contribution in [2.45, 2.75) is 19.1 Å². The van der Waals surface area contributed by atoms with Crippen LogP contribution in [0.25, 0.3) is 11.3 Å². The number of aromatic nitrogens is 3. The molecule has 1 aliphatic rings. The standard InChI is InChI=1S/C19H20N4O2/c1-19(13-24-17-6-2-3-7-18(17)25-19)12-21-11-15-9-16(23-22-15)14-5-4-8-20-10-14/h2-10,21H,11-13H2,1H3,(H,22,23). The fourth-order valence-corrected chi connectivity index (χ4v) is 2.84. The zero-order chi connectivity index (χ0) is 17.1. The van der Waals surface area contributed by atoms with E-state index in [1.54, 1.807) is 12.4 Å². The first-order valence-electron chi connectivity index (χ1n) is 8.28. The lowest BCUT2D eigenvalue weighted by Crippen LogP contribution is -2.49. The number of hydrogen-bond donors (Lipinski definition) is 2. The van der Waals surface area contributed by atoms with Crippen molar-refractivity contribution >= 4 is 0 Å². The maximum absolute atomic E-state index is 6.11. The zero-order valence-corrected chi connectivity index (χ0v) is 14.0. The van der Waals surface area contributed by atoms with Gasteiger partial charge in [0.25, 0.3) is 0 Å². The van der Waals surface area contributed by atoms with Crippen molar-refractivity contribution < 1.29 is 9.47 Å². The van der Waals surface area contributed by atoms with Gasteiger partial charge >= 0.3 is 0 Å². The van der Waals surface area contributed by atoms with E-state index in [-0.39, 0.29) is 0 Å². The molecule has 1 aliphatic heterocycles. The normalized spacial score (nSPS) is 18.9. The van der Waals surface area contributed by atoms with Crippen LogP contribution in [0.3, 0.4) is 0 Å². The topological polar surface area (TPSA) is 72.1 Å². The van der Waals surface area contributed by atoms with Gasteiger partial charge in [-0.1, -0.05) is 12.1 Å². The van der Waals surface area contributed by atoms with Gasteiger partial charge in [0, 0.05) is 36.7 Å². The summed E-state index contributed by atoms with van der Waals surface area (Å²) in [6.45, 7) is 3.90. The summed E-state index contributed by atoms with van der Waals surface area (Å²) in [5.41, 5.74) is 2.50. The fraction of sp³-hybridized carbons (Fsp3) is 0.263. The van der Waals surface area contributed by atoms with Gasteiger partial charge in [-0.25, -0.2) is 0 Å². The Morgan fingerprint density at radius 2 is 2.08 bits per heavy atom. The Morgan fingerprint density at radius 1 is 1.20 bits per heavy atom. The van der Waals surface area contributed by atoms with Crippen LogP contribution in [0.4, 0.5) is 0 Å². The van der Waals surface area contributed by atoms with Gasteiger partial charge in [-0.15, -0.1) is 0 Å². The molecule has 0 saturated carbocycles. The lowest BCUT2D eigenvalue weighted by atomic mass is 10.1. The predicted molar refractivity (Wildman–Crippen MR) is 94.5 cm³/mol. The maximum atomic E-state index is 6.11. The van der Waals surface area contributed by atoms with E-state index < -0.39 is 5.60 Å². The monoisotopic (exact) mass is 336 g/mol. The molecule has 1 unspecified atom stereocenters. The highest BCUT2D eigenvalue weighted by Crippen LogP contribution is 2.34. The minimum absolute atomic E-state index is 0.402. The van der Waals surface area contributed by atoms with Crippen molar-refractivity contribution in [1.29, 1.82) is 0 Å². The minimum Gasteiger partial charge on any atom is -0.485 e. The summed E-state index contributed by atoms with van der Waals surface area (Å²) in [4.78, 5) is 4.12. The lowest BCUT2D eigenvalue weighted by Gasteiger charge is -2.35. The van der Waals surface area contributed by atoms with Crippen LogP contribution < -0.4 is 14.8 Å². The molecule has 1 atom stereocenters. The van der Waals surface area contributed by atoms with Crippen LogP contribution in [-0.4, -0.2) is 33.9 Å². The first kappa shape index (κ1) is 15.7. The molecule has 0 fully saturated rings. The third kappa shape index (κ3) is 3.49. The summed E-state index contributed by atoms with van der Waals surface area (Å²) >= 11 is 0. The number of ether oxygens (including phenoxy) is 2. The molecule has 1 aromatic carbocycles. The number of H-pyrrole nitrogens is 1. The zero-order valence-electron chi connectivity index (χ0n) is 14.0. The number of hydrogen-bond acceptors (Lipinski definition) is 5. The molecule has 0 bridgehead atoms. The van der Waals surface area contributed by atoms with Crippen molar-refractivity contribution in [3.05, 3.63) is 60.6 Å². The Morgan fingerprint density at radius 3 is 2.92 bits per heavy atom. The fourth-order valence-electron chi connectivity index (χ4n) is 2.84. The van der Waals surface area contributed by atoms with E-state index in [2.05, 4.69) is 20.5 Å². The van der Waals surface area contributed by atoms with E-state index in [0.717, 1.165) is 28.5 Å². The van der Waals surface area contributed by atoms with Crippen LogP contribution in [-0.2, 0) is 6.54 Å². The first-order chi connectivity index (χ1) is 12.2. The molecular weight excluding hydrogens is 316 g/mol. The number of nitrogens with one attached hydrogen (secondary N) is 2. The molecular formula is C19H20N4O2. The summed E-state index contributed by atoms with van der Waals surface area (Å²) in [5.74, 6) is 1.59. The molecule has 0 radical (unpaired) electrons. The van der Waals surface area contributed by atoms with Gasteiger partial charge in [0.05, 0.1) is 5.69 Å². The highest BCUT2D eigenvalue weighted by molar-refractivity contribution is 5.57. The number of pyridine rings is 1. The van der Waals surface area contributed by atoms with E-state index >= 15 is 0 Å².